The van der Waals surface area contributed by atoms with Crippen LogP contribution in [0.25, 0.3) is 0 Å². The maximum absolute atomic E-state index is 10.5. The zero-order chi connectivity index (χ0) is 13.8. The summed E-state index contributed by atoms with van der Waals surface area (Å²) in [6.45, 7) is 6.60. The van der Waals surface area contributed by atoms with Gasteiger partial charge in [0.25, 0.3) is 0 Å². The Kier molecular flexibility index (Phi) is 4.83. The largest absolute Gasteiger partial charge is 0.497 e. The fourth-order valence-electron chi connectivity index (χ4n) is 2.87. The highest BCUT2D eigenvalue weighted by Gasteiger charge is 2.26. The number of piperidine rings is 1. The Labute approximate surface area is 116 Å². The number of likely N-dealkylation sites (tertiary alicyclic amines) is 1. The number of nitrogens with zero attached hydrogens (tertiary/aromatic N) is 1. The first-order valence-corrected chi connectivity index (χ1v) is 7.18. The molecule has 1 saturated heterocycles. The van der Waals surface area contributed by atoms with E-state index in [9.17, 15) is 5.11 Å². The maximum atomic E-state index is 10.5. The van der Waals surface area contributed by atoms with E-state index < -0.39 is 6.10 Å². The minimum atomic E-state index is -0.434. The summed E-state index contributed by atoms with van der Waals surface area (Å²) in [5.74, 6) is 1.56. The van der Waals surface area contributed by atoms with Gasteiger partial charge in [-0.3, -0.25) is 4.90 Å². The second-order valence-electron chi connectivity index (χ2n) is 5.70. The summed E-state index contributed by atoms with van der Waals surface area (Å²) in [6, 6.07) is 7.88. The predicted octanol–water partition coefficient (Wildman–Crippen LogP) is 2.85. The molecule has 1 aromatic rings. The fourth-order valence-corrected chi connectivity index (χ4v) is 2.87. The van der Waals surface area contributed by atoms with E-state index in [1.807, 2.05) is 24.3 Å². The third-order valence-electron chi connectivity index (χ3n) is 4.18. The van der Waals surface area contributed by atoms with Crippen molar-refractivity contribution in [2.45, 2.75) is 38.8 Å². The summed E-state index contributed by atoms with van der Waals surface area (Å²) in [6.07, 6.45) is 2.11. The second kappa shape index (κ2) is 6.40. The summed E-state index contributed by atoms with van der Waals surface area (Å²) in [7, 11) is 1.66. The van der Waals surface area contributed by atoms with E-state index in [2.05, 4.69) is 18.7 Å². The van der Waals surface area contributed by atoms with Crippen molar-refractivity contribution in [1.82, 2.24) is 4.90 Å². The van der Waals surface area contributed by atoms with Crippen LogP contribution in [0.15, 0.2) is 24.3 Å². The molecule has 1 aliphatic rings. The number of ether oxygens (including phenoxy) is 1. The number of hydrogen-bond acceptors (Lipinski definition) is 3. The molecule has 0 saturated carbocycles. The van der Waals surface area contributed by atoms with Gasteiger partial charge >= 0.3 is 0 Å². The lowest BCUT2D eigenvalue weighted by atomic mass is 9.95. The van der Waals surface area contributed by atoms with Gasteiger partial charge in [0.1, 0.15) is 5.75 Å². The minimum Gasteiger partial charge on any atom is -0.497 e. The van der Waals surface area contributed by atoms with E-state index in [1.54, 1.807) is 7.11 Å². The van der Waals surface area contributed by atoms with Crippen molar-refractivity contribution in [2.24, 2.45) is 5.92 Å². The number of methoxy groups -OCH3 is 1. The van der Waals surface area contributed by atoms with Crippen LogP contribution in [0.2, 0.25) is 0 Å². The standard InChI is InChI=1S/C16H25NO2/c1-12-5-4-10-17(11-12)13(2)16(18)14-6-8-15(19-3)9-7-14/h6-9,12-13,16,18H,4-5,10-11H2,1-3H3. The van der Waals surface area contributed by atoms with Gasteiger partial charge in [-0.15, -0.1) is 0 Å². The molecule has 1 fully saturated rings. The van der Waals surface area contributed by atoms with Gasteiger partial charge in [0.2, 0.25) is 0 Å². The van der Waals surface area contributed by atoms with Crippen LogP contribution in [0.3, 0.4) is 0 Å². The lowest BCUT2D eigenvalue weighted by Crippen LogP contribution is -2.43. The Morgan fingerprint density at radius 3 is 2.58 bits per heavy atom. The van der Waals surface area contributed by atoms with E-state index in [4.69, 9.17) is 4.74 Å². The average Bonchev–Trinajstić information content (AvgIpc) is 2.46. The Bertz CT molecular complexity index is 390. The van der Waals surface area contributed by atoms with Crippen molar-refractivity contribution in [3.63, 3.8) is 0 Å². The van der Waals surface area contributed by atoms with E-state index in [1.165, 1.54) is 12.8 Å². The molecule has 0 aliphatic carbocycles. The lowest BCUT2D eigenvalue weighted by Gasteiger charge is -2.37. The molecule has 0 aromatic heterocycles. The first-order chi connectivity index (χ1) is 9.11. The summed E-state index contributed by atoms with van der Waals surface area (Å²) in [4.78, 5) is 2.41. The number of aliphatic hydroxyl groups is 1. The minimum absolute atomic E-state index is 0.163. The van der Waals surface area contributed by atoms with Crippen molar-refractivity contribution in [2.75, 3.05) is 20.2 Å². The molecule has 0 amide bonds. The van der Waals surface area contributed by atoms with Gasteiger partial charge < -0.3 is 9.84 Å². The Balaban J connectivity index is 2.02. The molecule has 3 unspecified atom stereocenters. The highest BCUT2D eigenvalue weighted by Crippen LogP contribution is 2.26. The van der Waals surface area contributed by atoms with Gasteiger partial charge in [0.15, 0.2) is 0 Å². The summed E-state index contributed by atoms with van der Waals surface area (Å²) in [5.41, 5.74) is 0.964. The molecular formula is C16H25NO2. The van der Waals surface area contributed by atoms with Gasteiger partial charge in [-0.25, -0.2) is 0 Å². The number of benzene rings is 1. The van der Waals surface area contributed by atoms with Crippen molar-refractivity contribution in [1.29, 1.82) is 0 Å². The van der Waals surface area contributed by atoms with E-state index in [0.29, 0.717) is 0 Å². The number of hydrogen-bond donors (Lipinski definition) is 1. The molecule has 3 heteroatoms. The van der Waals surface area contributed by atoms with Gasteiger partial charge in [0, 0.05) is 12.6 Å². The van der Waals surface area contributed by atoms with Crippen LogP contribution in [-0.4, -0.2) is 36.2 Å². The molecule has 1 N–H and O–H groups in total. The van der Waals surface area contributed by atoms with Crippen LogP contribution in [0.4, 0.5) is 0 Å². The number of rotatable bonds is 4. The van der Waals surface area contributed by atoms with Crippen LogP contribution in [0, 0.1) is 5.92 Å². The smallest absolute Gasteiger partial charge is 0.118 e. The second-order valence-corrected chi connectivity index (χ2v) is 5.70. The highest BCUT2D eigenvalue weighted by molar-refractivity contribution is 5.29. The maximum Gasteiger partial charge on any atom is 0.118 e. The van der Waals surface area contributed by atoms with E-state index in [-0.39, 0.29) is 6.04 Å². The highest BCUT2D eigenvalue weighted by atomic mass is 16.5. The molecular weight excluding hydrogens is 238 g/mol. The summed E-state index contributed by atoms with van der Waals surface area (Å²) < 4.78 is 5.15. The van der Waals surface area contributed by atoms with Crippen LogP contribution in [0.5, 0.6) is 5.75 Å². The molecule has 0 bridgehead atoms. The van der Waals surface area contributed by atoms with Crippen LogP contribution in [-0.2, 0) is 0 Å². The third kappa shape index (κ3) is 3.48. The lowest BCUT2D eigenvalue weighted by molar-refractivity contribution is 0.0352. The molecule has 0 radical (unpaired) electrons. The fraction of sp³-hybridized carbons (Fsp3) is 0.625. The van der Waals surface area contributed by atoms with Crippen molar-refractivity contribution >= 4 is 0 Å². The van der Waals surface area contributed by atoms with Gasteiger partial charge in [0.05, 0.1) is 13.2 Å². The molecule has 1 heterocycles. The van der Waals surface area contributed by atoms with Crippen molar-refractivity contribution in [3.05, 3.63) is 29.8 Å². The Morgan fingerprint density at radius 2 is 2.00 bits per heavy atom. The van der Waals surface area contributed by atoms with Crippen molar-refractivity contribution < 1.29 is 9.84 Å². The average molecular weight is 263 g/mol. The van der Waals surface area contributed by atoms with Gasteiger partial charge in [-0.05, 0) is 49.9 Å². The first-order valence-electron chi connectivity index (χ1n) is 7.18. The molecule has 19 heavy (non-hydrogen) atoms. The summed E-state index contributed by atoms with van der Waals surface area (Å²) in [5, 5.41) is 10.5. The Morgan fingerprint density at radius 1 is 1.32 bits per heavy atom. The monoisotopic (exact) mass is 263 g/mol. The normalized spacial score (nSPS) is 23.9. The summed E-state index contributed by atoms with van der Waals surface area (Å²) >= 11 is 0. The molecule has 3 atom stereocenters. The molecule has 1 aliphatic heterocycles. The van der Waals surface area contributed by atoms with Crippen LogP contribution in [0.1, 0.15) is 38.4 Å². The van der Waals surface area contributed by atoms with Crippen molar-refractivity contribution in [3.8, 4) is 5.75 Å². The van der Waals surface area contributed by atoms with Crippen LogP contribution < -0.4 is 4.74 Å². The van der Waals surface area contributed by atoms with Crippen LogP contribution >= 0.6 is 0 Å². The molecule has 1 aromatic carbocycles. The molecule has 3 nitrogen and oxygen atoms in total. The topological polar surface area (TPSA) is 32.7 Å². The van der Waals surface area contributed by atoms with E-state index in [0.717, 1.165) is 30.3 Å². The third-order valence-corrected chi connectivity index (χ3v) is 4.18. The molecule has 0 spiro atoms. The SMILES string of the molecule is COc1ccc(C(O)C(C)N2CCCC(C)C2)cc1. The van der Waals surface area contributed by atoms with Gasteiger partial charge in [-0.2, -0.15) is 0 Å². The van der Waals surface area contributed by atoms with Gasteiger partial charge in [-0.1, -0.05) is 19.1 Å². The van der Waals surface area contributed by atoms with E-state index >= 15 is 0 Å². The zero-order valence-electron chi connectivity index (χ0n) is 12.2. The first kappa shape index (κ1) is 14.4. The predicted molar refractivity (Wildman–Crippen MR) is 77.4 cm³/mol. The quantitative estimate of drug-likeness (QED) is 0.906. The molecule has 2 rings (SSSR count). The molecule has 106 valence electrons. The Hall–Kier alpha value is -1.06. The zero-order valence-corrected chi connectivity index (χ0v) is 12.2. The number of aliphatic hydroxyl groups excluding tert-OH is 1.